The summed E-state index contributed by atoms with van der Waals surface area (Å²) in [5, 5.41) is 8.42. The molecule has 4 nitrogen and oxygen atoms in total. The molecule has 4 rings (SSSR count). The molecule has 2 saturated carbocycles. The van der Waals surface area contributed by atoms with Gasteiger partial charge < -0.3 is 10.1 Å². The van der Waals surface area contributed by atoms with Gasteiger partial charge in [0, 0.05) is 25.4 Å². The van der Waals surface area contributed by atoms with E-state index in [-0.39, 0.29) is 0 Å². The quantitative estimate of drug-likeness (QED) is 0.898. The summed E-state index contributed by atoms with van der Waals surface area (Å²) in [6, 6.07) is 3.37. The zero-order chi connectivity index (χ0) is 13.4. The van der Waals surface area contributed by atoms with Crippen LogP contribution in [0.2, 0.25) is 0 Å². The molecule has 1 N–H and O–H groups in total. The minimum absolute atomic E-state index is 0.465. The molecule has 0 aromatic carbocycles. The van der Waals surface area contributed by atoms with E-state index in [1.807, 2.05) is 0 Å². The van der Waals surface area contributed by atoms with Crippen molar-refractivity contribution in [3.63, 3.8) is 0 Å². The van der Waals surface area contributed by atoms with Gasteiger partial charge in [-0.3, -0.25) is 4.68 Å². The monoisotopic (exact) mass is 275 g/mol. The van der Waals surface area contributed by atoms with Crippen LogP contribution in [0.1, 0.15) is 56.7 Å². The van der Waals surface area contributed by atoms with Gasteiger partial charge in [-0.2, -0.15) is 5.10 Å². The fourth-order valence-electron chi connectivity index (χ4n) is 3.80. The van der Waals surface area contributed by atoms with Gasteiger partial charge in [0.2, 0.25) is 0 Å². The highest BCUT2D eigenvalue weighted by Crippen LogP contribution is 2.38. The Hall–Kier alpha value is -0.870. The number of hydrogen-bond acceptors (Lipinski definition) is 3. The van der Waals surface area contributed by atoms with Crippen molar-refractivity contribution in [3.05, 3.63) is 18.0 Å². The Labute approximate surface area is 120 Å². The van der Waals surface area contributed by atoms with Crippen LogP contribution in [0.25, 0.3) is 0 Å². The molecule has 4 heteroatoms. The summed E-state index contributed by atoms with van der Waals surface area (Å²) in [6.07, 6.45) is 11.8. The lowest BCUT2D eigenvalue weighted by molar-refractivity contribution is 0.0808. The molecule has 1 saturated heterocycles. The van der Waals surface area contributed by atoms with Crippen molar-refractivity contribution in [3.8, 4) is 0 Å². The SMILES string of the molecule is c1cn(C2CCCC2)nc1CNC1CCOC1C1CC1. The average Bonchev–Trinajstić information content (AvgIpc) is 2.93. The summed E-state index contributed by atoms with van der Waals surface area (Å²) in [5.41, 5.74) is 1.18. The zero-order valence-electron chi connectivity index (χ0n) is 12.1. The third-order valence-corrected chi connectivity index (χ3v) is 5.13. The number of nitrogens with one attached hydrogen (secondary N) is 1. The van der Waals surface area contributed by atoms with Gasteiger partial charge in [0.25, 0.3) is 0 Å². The van der Waals surface area contributed by atoms with Crippen LogP contribution in [0, 0.1) is 5.92 Å². The third kappa shape index (κ3) is 2.63. The van der Waals surface area contributed by atoms with Crippen molar-refractivity contribution in [2.75, 3.05) is 6.61 Å². The molecule has 3 fully saturated rings. The van der Waals surface area contributed by atoms with E-state index >= 15 is 0 Å². The highest BCUT2D eigenvalue weighted by Gasteiger charge is 2.40. The predicted octanol–water partition coefficient (Wildman–Crippen LogP) is 2.66. The highest BCUT2D eigenvalue weighted by atomic mass is 16.5. The molecule has 1 aromatic heterocycles. The van der Waals surface area contributed by atoms with Crippen LogP contribution in [0.15, 0.2) is 12.3 Å². The summed E-state index contributed by atoms with van der Waals surface area (Å²) in [5.74, 6) is 0.825. The predicted molar refractivity (Wildman–Crippen MR) is 77.4 cm³/mol. The minimum Gasteiger partial charge on any atom is -0.376 e. The van der Waals surface area contributed by atoms with Gasteiger partial charge in [0.15, 0.2) is 0 Å². The van der Waals surface area contributed by atoms with Crippen LogP contribution < -0.4 is 5.32 Å². The molecule has 0 amide bonds. The summed E-state index contributed by atoms with van der Waals surface area (Å²) in [4.78, 5) is 0. The molecule has 1 aliphatic heterocycles. The first-order valence-electron chi connectivity index (χ1n) is 8.29. The Balaban J connectivity index is 1.32. The molecule has 2 unspecified atom stereocenters. The first-order chi connectivity index (χ1) is 9.90. The molecule has 110 valence electrons. The number of rotatable bonds is 5. The van der Waals surface area contributed by atoms with E-state index in [4.69, 9.17) is 9.84 Å². The van der Waals surface area contributed by atoms with Gasteiger partial charge in [-0.05, 0) is 44.1 Å². The van der Waals surface area contributed by atoms with E-state index in [1.54, 1.807) is 0 Å². The smallest absolute Gasteiger partial charge is 0.0762 e. The lowest BCUT2D eigenvalue weighted by atomic mass is 10.1. The standard InChI is InChI=1S/C16H25N3O/c1-2-4-14(3-1)19-9-7-13(18-19)11-17-15-8-10-20-16(15)12-5-6-12/h7,9,12,14-17H,1-6,8,10-11H2. The fraction of sp³-hybridized carbons (Fsp3) is 0.812. The molecule has 3 aliphatic rings. The van der Waals surface area contributed by atoms with Gasteiger partial charge in [0.1, 0.15) is 0 Å². The van der Waals surface area contributed by atoms with E-state index in [1.165, 1.54) is 44.2 Å². The molecule has 0 bridgehead atoms. The topological polar surface area (TPSA) is 39.1 Å². The van der Waals surface area contributed by atoms with Crippen LogP contribution >= 0.6 is 0 Å². The molecule has 2 aliphatic carbocycles. The maximum Gasteiger partial charge on any atom is 0.0762 e. The molecular weight excluding hydrogens is 250 g/mol. The lowest BCUT2D eigenvalue weighted by Crippen LogP contribution is -2.37. The number of ether oxygens (including phenoxy) is 1. The van der Waals surface area contributed by atoms with Crippen molar-refractivity contribution in [1.82, 2.24) is 15.1 Å². The second-order valence-corrected chi connectivity index (χ2v) is 6.67. The van der Waals surface area contributed by atoms with E-state index in [0.29, 0.717) is 18.2 Å². The van der Waals surface area contributed by atoms with Gasteiger partial charge in [0.05, 0.1) is 17.8 Å². The number of aromatic nitrogens is 2. The Morgan fingerprint density at radius 1 is 1.20 bits per heavy atom. The van der Waals surface area contributed by atoms with Crippen molar-refractivity contribution in [1.29, 1.82) is 0 Å². The number of hydrogen-bond donors (Lipinski definition) is 1. The largest absolute Gasteiger partial charge is 0.376 e. The summed E-state index contributed by atoms with van der Waals surface area (Å²) < 4.78 is 8.06. The molecule has 20 heavy (non-hydrogen) atoms. The summed E-state index contributed by atoms with van der Waals surface area (Å²) in [7, 11) is 0. The zero-order valence-corrected chi connectivity index (χ0v) is 12.1. The Bertz CT molecular complexity index is 448. The molecule has 1 aromatic rings. The first-order valence-corrected chi connectivity index (χ1v) is 8.29. The Morgan fingerprint density at radius 2 is 2.05 bits per heavy atom. The average molecular weight is 275 g/mol. The number of nitrogens with zero attached hydrogens (tertiary/aromatic N) is 2. The Kier molecular flexibility index (Phi) is 3.52. The van der Waals surface area contributed by atoms with Crippen LogP contribution in [-0.4, -0.2) is 28.5 Å². The summed E-state index contributed by atoms with van der Waals surface area (Å²) >= 11 is 0. The van der Waals surface area contributed by atoms with Crippen LogP contribution in [0.3, 0.4) is 0 Å². The van der Waals surface area contributed by atoms with Crippen LogP contribution in [-0.2, 0) is 11.3 Å². The summed E-state index contributed by atoms with van der Waals surface area (Å²) in [6.45, 7) is 1.81. The van der Waals surface area contributed by atoms with Crippen LogP contribution in [0.4, 0.5) is 0 Å². The van der Waals surface area contributed by atoms with Crippen molar-refractivity contribution in [2.24, 2.45) is 5.92 Å². The first kappa shape index (κ1) is 12.8. The van der Waals surface area contributed by atoms with Gasteiger partial charge in [-0.15, -0.1) is 0 Å². The van der Waals surface area contributed by atoms with Crippen LogP contribution in [0.5, 0.6) is 0 Å². The van der Waals surface area contributed by atoms with Gasteiger partial charge in [-0.25, -0.2) is 0 Å². The second-order valence-electron chi connectivity index (χ2n) is 6.67. The fourth-order valence-corrected chi connectivity index (χ4v) is 3.80. The van der Waals surface area contributed by atoms with E-state index in [0.717, 1.165) is 25.5 Å². The normalized spacial score (nSPS) is 31.2. The molecule has 0 radical (unpaired) electrons. The van der Waals surface area contributed by atoms with Gasteiger partial charge in [-0.1, -0.05) is 12.8 Å². The van der Waals surface area contributed by atoms with E-state index < -0.39 is 0 Å². The van der Waals surface area contributed by atoms with Crippen molar-refractivity contribution in [2.45, 2.75) is 69.7 Å². The highest BCUT2D eigenvalue weighted by molar-refractivity contribution is 5.02. The maximum absolute atomic E-state index is 5.88. The molecule has 0 spiro atoms. The molecule has 2 heterocycles. The second kappa shape index (κ2) is 5.49. The maximum atomic E-state index is 5.88. The van der Waals surface area contributed by atoms with Gasteiger partial charge >= 0.3 is 0 Å². The molecule has 2 atom stereocenters. The van der Waals surface area contributed by atoms with Crippen molar-refractivity contribution >= 4 is 0 Å². The minimum atomic E-state index is 0.465. The molecular formula is C16H25N3O. The Morgan fingerprint density at radius 3 is 2.85 bits per heavy atom. The van der Waals surface area contributed by atoms with Crippen molar-refractivity contribution < 1.29 is 4.74 Å². The third-order valence-electron chi connectivity index (χ3n) is 5.13. The van der Waals surface area contributed by atoms with E-state index in [2.05, 4.69) is 22.3 Å². The lowest BCUT2D eigenvalue weighted by Gasteiger charge is -2.18. The van der Waals surface area contributed by atoms with E-state index in [9.17, 15) is 0 Å².